The minimum atomic E-state index is -0.946. The van der Waals surface area contributed by atoms with Crippen molar-refractivity contribution in [1.29, 1.82) is 0 Å². The van der Waals surface area contributed by atoms with Gasteiger partial charge in [-0.05, 0) is 92.6 Å². The van der Waals surface area contributed by atoms with E-state index in [4.69, 9.17) is 50.3 Å². The van der Waals surface area contributed by atoms with Crippen LogP contribution in [0.15, 0.2) is 165 Å². The number of carboxylic acid groups (broad SMARTS) is 1. The number of aromatic nitrogens is 2. The number of nitrogens with zero attached hydrogens (tertiary/aromatic N) is 2. The van der Waals surface area contributed by atoms with Gasteiger partial charge in [-0.25, -0.2) is 9.59 Å². The number of fused-ring (bicyclic) bond motifs is 2. The van der Waals surface area contributed by atoms with E-state index in [0.717, 1.165) is 47.6 Å². The molecule has 0 unspecified atom stereocenters. The fourth-order valence-corrected chi connectivity index (χ4v) is 94.7. The Hall–Kier alpha value is 3.20. The Balaban J connectivity index is 0.000000298. The molecule has 0 fully saturated rings. The van der Waals surface area contributed by atoms with E-state index in [0.29, 0.717) is 40.3 Å². The maximum absolute atomic E-state index is 13.1. The summed E-state index contributed by atoms with van der Waals surface area (Å²) in [4.78, 5) is 29.0. The first kappa shape index (κ1) is 93.6. The monoisotopic (exact) mass is 2110 g/mol. The van der Waals surface area contributed by atoms with E-state index >= 15 is 0 Å². The Morgan fingerprint density at radius 3 is 0.959 bits per heavy atom. The van der Waals surface area contributed by atoms with Crippen LogP contribution >= 0.6 is 46.7 Å². The summed E-state index contributed by atoms with van der Waals surface area (Å²) in [6.45, 7) is 7.30. The first-order chi connectivity index (χ1) is 47.4. The zero-order chi connectivity index (χ0) is 69.5. The molecule has 2 aromatic heterocycles. The van der Waals surface area contributed by atoms with Crippen LogP contribution in [0.3, 0.4) is 0 Å². The van der Waals surface area contributed by atoms with Gasteiger partial charge in [0.05, 0.1) is 27.4 Å². The van der Waals surface area contributed by atoms with Gasteiger partial charge >= 0.3 is 11.9 Å². The number of benzene rings is 6. The molecule has 0 aliphatic heterocycles. The summed E-state index contributed by atoms with van der Waals surface area (Å²) in [5, 5.41) is 13.1. The number of aromatic carboxylic acids is 1. The number of carbonyl (C=O) groups is 2. The van der Waals surface area contributed by atoms with E-state index in [1.807, 2.05) is 289 Å². The van der Waals surface area contributed by atoms with Crippen LogP contribution in [-0.4, -0.2) is 32.8 Å². The van der Waals surface area contributed by atoms with Crippen molar-refractivity contribution in [3.05, 3.63) is 189 Å². The highest BCUT2D eigenvalue weighted by molar-refractivity contribution is 8.80. The lowest BCUT2D eigenvalue weighted by atomic mass is 10.1. The van der Waals surface area contributed by atoms with Gasteiger partial charge in [0.1, 0.15) is 11.4 Å². The van der Waals surface area contributed by atoms with E-state index < -0.39 is 5.97 Å². The Kier molecular flexibility index (Phi) is 57.3. The predicted octanol–water partition coefficient (Wildman–Crippen LogP) is 14.0. The molecule has 0 radical (unpaired) electrons. The topological polar surface area (TPSA) is 73.5 Å². The van der Waals surface area contributed by atoms with Crippen LogP contribution in [0.1, 0.15) is 57.6 Å². The molecule has 0 aliphatic rings. The van der Waals surface area contributed by atoms with Crippen LogP contribution in [0.5, 0.6) is 0 Å². The molecule has 98 heavy (non-hydrogen) atoms. The van der Waals surface area contributed by atoms with E-state index in [1.165, 1.54) is 76.2 Å². The number of rotatable bonds is 11. The SMILES string of the molecule is C.CCOC(=O)c1c(Sc2ccccc2)c2cc(Cl)ccc2n1Cc1ccc(C)cc1.Cc1ccc(Cn2c(C(=O)O)c(Sc3ccccc3)c3cc(Cl)ccc32)cc1.S=S=S=S=S=S.S=S=S=S=S=S=S=S=S=S=S=S=S=S=S=S=S=S=S=S=S=S=S=S=S=S=S=S=S=S=S=S=S. The Morgan fingerprint density at radius 2 is 0.673 bits per heavy atom. The third-order valence-corrected chi connectivity index (χ3v) is 86.4. The van der Waals surface area contributed by atoms with Gasteiger partial charge < -0.3 is 19.0 Å². The fraction of sp³-hybridized carbons (Fsp3) is 0.143. The normalized spacial score (nSPS) is 9.48. The highest BCUT2D eigenvalue weighted by Gasteiger charge is 2.26. The highest BCUT2D eigenvalue weighted by atomic mass is 35.5. The van der Waals surface area contributed by atoms with Crippen LogP contribution in [0.2, 0.25) is 10.0 Å². The molecule has 0 bridgehead atoms. The van der Waals surface area contributed by atoms with Gasteiger partial charge in [0, 0.05) is 399 Å². The Bertz CT molecular complexity index is 5720. The summed E-state index contributed by atoms with van der Waals surface area (Å²) in [6, 6.07) is 47.6. The summed E-state index contributed by atoms with van der Waals surface area (Å²) < 4.78 is 9.36. The summed E-state index contributed by atoms with van der Waals surface area (Å²) in [6.07, 6.45) is 0. The lowest BCUT2D eigenvalue weighted by Crippen LogP contribution is -2.14. The van der Waals surface area contributed by atoms with Gasteiger partial charge in [0.15, 0.2) is 0 Å². The molecule has 0 atom stereocenters. The Labute approximate surface area is 707 Å². The largest absolute Gasteiger partial charge is 0.477 e. The maximum Gasteiger partial charge on any atom is 0.356 e. The molecular weight excluding hydrogens is 2070 g/mol. The lowest BCUT2D eigenvalue weighted by molar-refractivity contribution is 0.0510. The van der Waals surface area contributed by atoms with E-state index in [2.05, 4.69) is 53.6 Å². The second-order valence-electron chi connectivity index (χ2n) is 16.1. The zero-order valence-electron chi connectivity index (χ0n) is 48.0. The second kappa shape index (κ2) is 60.0. The zero-order valence-corrected chi connectivity index (χ0v) is 83.0. The van der Waals surface area contributed by atoms with Crippen molar-refractivity contribution in [2.45, 2.75) is 60.9 Å². The minimum Gasteiger partial charge on any atom is -0.477 e. The molecule has 8 aromatic rings. The smallest absolute Gasteiger partial charge is 0.356 e. The first-order valence-corrected chi connectivity index (χ1v) is 76.6. The standard InChI is InChI=1S/C25H22ClNO2S.C23H18ClNO2S.CH4.S33.S6/c1-3-29-25(28)23-24(30-20-7-5-4-6-8-20)21-15-19(26)13-14-22(21)27(23)16-18-11-9-17(2)10-12-18;1-15-7-9-16(10-8-15)14-25-20-12-11-17(24)13-19(20)22(21(25)23(26)27)28-18-5-3-2-4-6-18;;1-3-5-7-9-11-13-15-17-19-21-23-25-27-29-31-33-32-30-28-26-24-22-20-18-16-14-12-10-8-6-4-2;1-3-5-6-4-2/h4-15H,3,16H2,1-2H3;2-13H,14H2,1H3,(H,26,27);1H4;;. The fourth-order valence-electron chi connectivity index (χ4n) is 7.06. The number of hydrogen-bond acceptors (Lipinski definition) is 9. The molecule has 0 amide bonds. The molecule has 2 heterocycles. The van der Waals surface area contributed by atoms with Crippen LogP contribution in [-0.2, 0) is 373 Å². The summed E-state index contributed by atoms with van der Waals surface area (Å²) in [5.41, 5.74) is 7.21. The number of carboxylic acids is 1. The van der Waals surface area contributed by atoms with Crippen LogP contribution in [0.4, 0.5) is 0 Å². The molecule has 0 spiro atoms. The minimum absolute atomic E-state index is 0. The van der Waals surface area contributed by atoms with E-state index in [9.17, 15) is 14.7 Å². The molecule has 6 aromatic carbocycles. The number of esters is 1. The molecule has 0 saturated heterocycles. The van der Waals surface area contributed by atoms with Crippen molar-refractivity contribution in [3.8, 4) is 0 Å². The van der Waals surface area contributed by atoms with Crippen molar-refractivity contribution in [2.24, 2.45) is 0 Å². The van der Waals surface area contributed by atoms with Crippen LogP contribution in [0, 0.1) is 13.8 Å². The number of aryl methyl sites for hydroxylation is 2. The molecular formula is C49H44Cl2N2O4S41. The lowest BCUT2D eigenvalue weighted by Gasteiger charge is -2.12. The van der Waals surface area contributed by atoms with Crippen LogP contribution < -0.4 is 0 Å². The van der Waals surface area contributed by atoms with Gasteiger partial charge in [0.25, 0.3) is 0 Å². The van der Waals surface area contributed by atoms with Gasteiger partial charge in [-0.15, -0.1) is 0 Å². The summed E-state index contributed by atoms with van der Waals surface area (Å²) >= 11 is 34.2. The molecule has 1 N–H and O–H groups in total. The molecule has 0 aliphatic carbocycles. The third kappa shape index (κ3) is 38.7. The van der Waals surface area contributed by atoms with Gasteiger partial charge in [-0.3, -0.25) is 0 Å². The molecule has 8 rings (SSSR count). The maximum atomic E-state index is 13.1. The van der Waals surface area contributed by atoms with Crippen LogP contribution in [0.25, 0.3) is 21.8 Å². The van der Waals surface area contributed by atoms with E-state index in [-0.39, 0.29) is 19.1 Å². The average Bonchev–Trinajstić information content (AvgIpc) is 1.62. The summed E-state index contributed by atoms with van der Waals surface area (Å²) in [7, 11) is 60.2. The van der Waals surface area contributed by atoms with Gasteiger partial charge in [-0.2, -0.15) is 0 Å². The molecule has 0 saturated carbocycles. The van der Waals surface area contributed by atoms with Gasteiger partial charge in [0.2, 0.25) is 0 Å². The van der Waals surface area contributed by atoms with Crippen molar-refractivity contribution < 1.29 is 19.4 Å². The third-order valence-electron chi connectivity index (χ3n) is 10.4. The highest BCUT2D eigenvalue weighted by Crippen LogP contribution is 2.42. The van der Waals surface area contributed by atoms with E-state index in [1.54, 1.807) is 124 Å². The second-order valence-corrected chi connectivity index (χ2v) is 81.0. The molecule has 49 heteroatoms. The van der Waals surface area contributed by atoms with Crippen molar-refractivity contribution >= 4 is 436 Å². The van der Waals surface area contributed by atoms with Gasteiger partial charge in [-0.1, -0.05) is 150 Å². The average molecular weight is 2110 g/mol. The quantitative estimate of drug-likeness (QED) is 0.127. The predicted molar refractivity (Wildman–Crippen MR) is 532 cm³/mol. The number of carbonyl (C=O) groups excluding carboxylic acids is 1. The van der Waals surface area contributed by atoms with Crippen molar-refractivity contribution in [2.75, 3.05) is 6.61 Å². The molecule has 534 valence electrons. The first-order valence-electron chi connectivity index (χ1n) is 24.9. The number of hydrogen-bond donors (Lipinski definition) is 1. The van der Waals surface area contributed by atoms with Crippen molar-refractivity contribution in [3.63, 3.8) is 0 Å². The Morgan fingerprint density at radius 1 is 0.398 bits per heavy atom. The van der Waals surface area contributed by atoms with Crippen molar-refractivity contribution in [1.82, 2.24) is 9.13 Å². The molecule has 6 nitrogen and oxygen atoms in total. The number of halogens is 2. The number of ether oxygens (including phenoxy) is 1. The summed E-state index contributed by atoms with van der Waals surface area (Å²) in [5.74, 6) is -1.27.